The van der Waals surface area contributed by atoms with E-state index >= 15 is 0 Å². The molecule has 1 rings (SSSR count). The van der Waals surface area contributed by atoms with Gasteiger partial charge in [-0.25, -0.2) is 4.79 Å². The monoisotopic (exact) mass is 339 g/mol. The number of carbonyl (C=O) groups excluding carboxylic acids is 2. The van der Waals surface area contributed by atoms with Gasteiger partial charge < -0.3 is 9.47 Å². The summed E-state index contributed by atoms with van der Waals surface area (Å²) in [5.74, 6) is 0.0902. The van der Waals surface area contributed by atoms with Gasteiger partial charge in [-0.1, -0.05) is 0 Å². The molecule has 0 spiro atoms. The van der Waals surface area contributed by atoms with Crippen molar-refractivity contribution in [3.05, 3.63) is 45.5 Å². The highest BCUT2D eigenvalue weighted by atomic mass is 32.2. The molecule has 0 unspecified atom stereocenters. The number of non-ortho nitro benzene ring substituents is 1. The third-order valence-electron chi connectivity index (χ3n) is 2.83. The molecule has 1 aromatic carbocycles. The van der Waals surface area contributed by atoms with Crippen LogP contribution in [-0.4, -0.2) is 42.6 Å². The largest absolute Gasteiger partial charge is 0.469 e. The van der Waals surface area contributed by atoms with Crippen LogP contribution in [0.1, 0.15) is 12.0 Å². The first-order valence-electron chi connectivity index (χ1n) is 6.65. The van der Waals surface area contributed by atoms with Crippen LogP contribution in [0.5, 0.6) is 0 Å². The van der Waals surface area contributed by atoms with Crippen molar-refractivity contribution in [3.8, 4) is 0 Å². The molecule has 0 amide bonds. The Labute approximate surface area is 137 Å². The fourth-order valence-corrected chi connectivity index (χ4v) is 2.50. The summed E-state index contributed by atoms with van der Waals surface area (Å²) >= 11 is 1.40. The van der Waals surface area contributed by atoms with E-state index in [4.69, 9.17) is 4.74 Å². The average molecular weight is 339 g/mol. The van der Waals surface area contributed by atoms with Crippen LogP contribution in [0.2, 0.25) is 0 Å². The van der Waals surface area contributed by atoms with Crippen LogP contribution in [-0.2, 0) is 19.1 Å². The van der Waals surface area contributed by atoms with Gasteiger partial charge in [-0.15, -0.1) is 0 Å². The number of esters is 2. The first kappa shape index (κ1) is 18.7. The Kier molecular flexibility index (Phi) is 7.82. The van der Waals surface area contributed by atoms with Gasteiger partial charge in [0.2, 0.25) is 0 Å². The normalized spacial score (nSPS) is 11.0. The lowest BCUT2D eigenvalue weighted by atomic mass is 10.1. The summed E-state index contributed by atoms with van der Waals surface area (Å²) in [6.07, 6.45) is 1.87. The standard InChI is InChI=1S/C15H17NO6S/c1-21-14(17)7-8-23-10-12(15(18)22-2)9-11-3-5-13(6-4-11)16(19)20/h3-6,9H,7-8,10H2,1-2H3/b12-9+. The Morgan fingerprint density at radius 2 is 1.87 bits per heavy atom. The number of benzene rings is 1. The Morgan fingerprint density at radius 1 is 1.22 bits per heavy atom. The summed E-state index contributed by atoms with van der Waals surface area (Å²) in [4.78, 5) is 32.9. The Morgan fingerprint density at radius 3 is 2.39 bits per heavy atom. The Hall–Kier alpha value is -2.35. The van der Waals surface area contributed by atoms with Gasteiger partial charge in [0.1, 0.15) is 0 Å². The number of nitrogens with zero attached hydrogens (tertiary/aromatic N) is 1. The van der Waals surface area contributed by atoms with Crippen LogP contribution in [0.3, 0.4) is 0 Å². The van der Waals surface area contributed by atoms with E-state index < -0.39 is 10.9 Å². The first-order valence-corrected chi connectivity index (χ1v) is 7.81. The van der Waals surface area contributed by atoms with Crippen molar-refractivity contribution >= 4 is 35.5 Å². The number of methoxy groups -OCH3 is 2. The zero-order chi connectivity index (χ0) is 17.2. The van der Waals surface area contributed by atoms with Crippen molar-refractivity contribution in [3.63, 3.8) is 0 Å². The molecule has 0 radical (unpaired) electrons. The van der Waals surface area contributed by atoms with Crippen LogP contribution < -0.4 is 0 Å². The number of nitro benzene ring substituents is 1. The molecule has 0 aliphatic heterocycles. The van der Waals surface area contributed by atoms with E-state index in [0.29, 0.717) is 22.6 Å². The summed E-state index contributed by atoms with van der Waals surface area (Å²) in [6, 6.07) is 5.84. The van der Waals surface area contributed by atoms with Crippen molar-refractivity contribution in [2.24, 2.45) is 0 Å². The predicted molar refractivity (Wildman–Crippen MR) is 87.0 cm³/mol. The lowest BCUT2D eigenvalue weighted by Gasteiger charge is -2.06. The highest BCUT2D eigenvalue weighted by Crippen LogP contribution is 2.17. The van der Waals surface area contributed by atoms with Gasteiger partial charge in [-0.3, -0.25) is 14.9 Å². The minimum absolute atomic E-state index is 0.0192. The van der Waals surface area contributed by atoms with E-state index in [2.05, 4.69) is 4.74 Å². The van der Waals surface area contributed by atoms with Gasteiger partial charge in [-0.05, 0) is 23.8 Å². The van der Waals surface area contributed by atoms with Crippen LogP contribution in [0, 0.1) is 10.1 Å². The molecule has 124 valence electrons. The van der Waals surface area contributed by atoms with Crippen molar-refractivity contribution in [2.75, 3.05) is 25.7 Å². The summed E-state index contributed by atoms with van der Waals surface area (Å²) in [5.41, 5.74) is 1.05. The maximum atomic E-state index is 11.8. The van der Waals surface area contributed by atoms with Gasteiger partial charge in [0.15, 0.2) is 0 Å². The molecule has 0 N–H and O–H groups in total. The number of hydrogen-bond donors (Lipinski definition) is 0. The van der Waals surface area contributed by atoms with Gasteiger partial charge >= 0.3 is 11.9 Å². The van der Waals surface area contributed by atoms with Crippen molar-refractivity contribution < 1.29 is 24.0 Å². The zero-order valence-electron chi connectivity index (χ0n) is 12.8. The molecule has 0 saturated heterocycles. The molecule has 1 aromatic rings. The quantitative estimate of drug-likeness (QED) is 0.236. The summed E-state index contributed by atoms with van der Waals surface area (Å²) in [7, 11) is 2.60. The lowest BCUT2D eigenvalue weighted by Crippen LogP contribution is -2.08. The summed E-state index contributed by atoms with van der Waals surface area (Å²) in [6.45, 7) is 0. The van der Waals surface area contributed by atoms with Crippen LogP contribution in [0.4, 0.5) is 5.69 Å². The highest BCUT2D eigenvalue weighted by Gasteiger charge is 2.11. The molecule has 0 aliphatic carbocycles. The van der Waals surface area contributed by atoms with E-state index in [9.17, 15) is 19.7 Å². The first-order chi connectivity index (χ1) is 11.0. The molecular formula is C15H17NO6S. The summed E-state index contributed by atoms with van der Waals surface area (Å²) in [5, 5.41) is 10.6. The maximum absolute atomic E-state index is 11.8. The number of ether oxygens (including phenoxy) is 2. The van der Waals surface area contributed by atoms with Crippen LogP contribution in [0.15, 0.2) is 29.8 Å². The number of thioether (sulfide) groups is 1. The minimum atomic E-state index is -0.489. The lowest BCUT2D eigenvalue weighted by molar-refractivity contribution is -0.384. The second-order valence-electron chi connectivity index (χ2n) is 4.39. The van der Waals surface area contributed by atoms with Gasteiger partial charge in [0.25, 0.3) is 5.69 Å². The fourth-order valence-electron chi connectivity index (χ4n) is 1.62. The summed E-state index contributed by atoms with van der Waals surface area (Å²) < 4.78 is 9.26. The van der Waals surface area contributed by atoms with E-state index in [1.807, 2.05) is 0 Å². The van der Waals surface area contributed by atoms with Crippen LogP contribution >= 0.6 is 11.8 Å². The number of nitro groups is 1. The zero-order valence-corrected chi connectivity index (χ0v) is 13.6. The molecule has 0 fully saturated rings. The molecule has 8 heteroatoms. The maximum Gasteiger partial charge on any atom is 0.334 e. The van der Waals surface area contributed by atoms with Crippen molar-refractivity contribution in [1.29, 1.82) is 0 Å². The molecule has 0 saturated carbocycles. The SMILES string of the molecule is COC(=O)CCSC/C(=C\c1ccc([N+](=O)[O-])cc1)C(=O)OC. The third kappa shape index (κ3) is 6.52. The molecular weight excluding hydrogens is 322 g/mol. The second kappa shape index (κ2) is 9.62. The van der Waals surface area contributed by atoms with Gasteiger partial charge in [-0.2, -0.15) is 11.8 Å². The minimum Gasteiger partial charge on any atom is -0.469 e. The smallest absolute Gasteiger partial charge is 0.334 e. The fraction of sp³-hybridized carbons (Fsp3) is 0.333. The molecule has 0 bridgehead atoms. The van der Waals surface area contributed by atoms with E-state index in [0.717, 1.165) is 0 Å². The molecule has 0 aliphatic rings. The second-order valence-corrected chi connectivity index (χ2v) is 5.49. The van der Waals surface area contributed by atoms with E-state index in [-0.39, 0.29) is 18.1 Å². The molecule has 0 heterocycles. The molecule has 0 atom stereocenters. The van der Waals surface area contributed by atoms with Crippen molar-refractivity contribution in [1.82, 2.24) is 0 Å². The van der Waals surface area contributed by atoms with Gasteiger partial charge in [0, 0.05) is 29.2 Å². The van der Waals surface area contributed by atoms with Crippen molar-refractivity contribution in [2.45, 2.75) is 6.42 Å². The van der Waals surface area contributed by atoms with E-state index in [1.54, 1.807) is 18.2 Å². The Bertz CT molecular complexity index is 596. The predicted octanol–water partition coefficient (Wildman–Crippen LogP) is 2.45. The topological polar surface area (TPSA) is 95.7 Å². The van der Waals surface area contributed by atoms with E-state index in [1.165, 1.54) is 38.1 Å². The number of rotatable bonds is 8. The highest BCUT2D eigenvalue weighted by molar-refractivity contribution is 7.99. The molecule has 23 heavy (non-hydrogen) atoms. The number of hydrogen-bond acceptors (Lipinski definition) is 7. The third-order valence-corrected chi connectivity index (χ3v) is 3.84. The average Bonchev–Trinajstić information content (AvgIpc) is 2.56. The molecule has 0 aromatic heterocycles. The van der Waals surface area contributed by atoms with Gasteiger partial charge in [0.05, 0.1) is 25.6 Å². The Balaban J connectivity index is 2.74. The number of carbonyl (C=O) groups is 2. The molecule has 7 nitrogen and oxygen atoms in total. The van der Waals surface area contributed by atoms with Crippen LogP contribution in [0.25, 0.3) is 6.08 Å².